The van der Waals surface area contributed by atoms with E-state index in [-0.39, 0.29) is 5.91 Å². The first-order valence-corrected chi connectivity index (χ1v) is 10.0. The number of aromatic nitrogens is 2. The van der Waals surface area contributed by atoms with Gasteiger partial charge in [-0.25, -0.2) is 0 Å². The lowest BCUT2D eigenvalue weighted by Gasteiger charge is -2.09. The van der Waals surface area contributed by atoms with Gasteiger partial charge in [-0.3, -0.25) is 9.36 Å². The van der Waals surface area contributed by atoms with Crippen LogP contribution in [0.15, 0.2) is 109 Å². The molecule has 0 aliphatic carbocycles. The molecule has 3 heteroatoms. The van der Waals surface area contributed by atoms with Crippen molar-refractivity contribution in [3.63, 3.8) is 0 Å². The first-order chi connectivity index (χ1) is 14.8. The van der Waals surface area contributed by atoms with E-state index in [9.17, 15) is 4.79 Å². The quantitative estimate of drug-likeness (QED) is 0.337. The standard InChI is InChI=1S/C27H18N2O/c30-27(19-9-3-1-4-10-19)28-18-17-23-24(28)16-15-22-21-13-7-8-14-25(21)29(26(22)23)20-11-5-2-6-12-20/h1-18H. The van der Waals surface area contributed by atoms with Gasteiger partial charge in [0.15, 0.2) is 0 Å². The average molecular weight is 386 g/mol. The molecule has 0 N–H and O–H groups in total. The van der Waals surface area contributed by atoms with Gasteiger partial charge in [0.05, 0.1) is 16.6 Å². The normalized spacial score (nSPS) is 11.5. The van der Waals surface area contributed by atoms with Crippen LogP contribution >= 0.6 is 0 Å². The highest BCUT2D eigenvalue weighted by atomic mass is 16.2. The van der Waals surface area contributed by atoms with E-state index in [0.717, 1.165) is 27.6 Å². The number of carbonyl (C=O) groups is 1. The molecule has 4 aromatic carbocycles. The van der Waals surface area contributed by atoms with Gasteiger partial charge in [-0.1, -0.05) is 60.7 Å². The average Bonchev–Trinajstić information content (AvgIpc) is 3.39. The summed E-state index contributed by atoms with van der Waals surface area (Å²) in [6.45, 7) is 0. The van der Waals surface area contributed by atoms with Gasteiger partial charge in [0, 0.05) is 33.6 Å². The van der Waals surface area contributed by atoms with Crippen molar-refractivity contribution < 1.29 is 4.79 Å². The lowest BCUT2D eigenvalue weighted by Crippen LogP contribution is -2.10. The molecule has 0 saturated heterocycles. The van der Waals surface area contributed by atoms with Crippen molar-refractivity contribution >= 4 is 38.6 Å². The van der Waals surface area contributed by atoms with Gasteiger partial charge in [-0.05, 0) is 42.5 Å². The minimum Gasteiger partial charge on any atom is -0.309 e. The molecule has 0 amide bonds. The summed E-state index contributed by atoms with van der Waals surface area (Å²) in [4.78, 5) is 13.1. The van der Waals surface area contributed by atoms with E-state index in [2.05, 4.69) is 71.3 Å². The molecule has 142 valence electrons. The van der Waals surface area contributed by atoms with E-state index in [1.165, 1.54) is 10.8 Å². The Balaban J connectivity index is 1.71. The van der Waals surface area contributed by atoms with Crippen molar-refractivity contribution in [2.45, 2.75) is 0 Å². The number of para-hydroxylation sites is 2. The SMILES string of the molecule is O=C(c1ccccc1)n1ccc2c1ccc1c3ccccc3n(-c3ccccc3)c12. The summed E-state index contributed by atoms with van der Waals surface area (Å²) in [6, 6.07) is 34.5. The van der Waals surface area contributed by atoms with Gasteiger partial charge in [0.25, 0.3) is 5.91 Å². The van der Waals surface area contributed by atoms with Crippen LogP contribution in [0.2, 0.25) is 0 Å². The molecule has 2 aromatic heterocycles. The van der Waals surface area contributed by atoms with Crippen molar-refractivity contribution in [3.05, 3.63) is 115 Å². The molecule has 0 bridgehead atoms. The molecule has 0 fully saturated rings. The van der Waals surface area contributed by atoms with Crippen LogP contribution in [-0.2, 0) is 0 Å². The zero-order valence-electron chi connectivity index (χ0n) is 16.2. The molecule has 3 nitrogen and oxygen atoms in total. The molecule has 6 rings (SSSR count). The van der Waals surface area contributed by atoms with Gasteiger partial charge < -0.3 is 4.57 Å². The fourth-order valence-corrected chi connectivity index (χ4v) is 4.42. The Hall–Kier alpha value is -4.11. The third-order valence-corrected chi connectivity index (χ3v) is 5.76. The van der Waals surface area contributed by atoms with E-state index in [4.69, 9.17) is 0 Å². The van der Waals surface area contributed by atoms with Crippen LogP contribution in [0.4, 0.5) is 0 Å². The lowest BCUT2D eigenvalue weighted by molar-refractivity contribution is 0.0965. The van der Waals surface area contributed by atoms with Gasteiger partial charge >= 0.3 is 0 Å². The number of nitrogens with zero attached hydrogens (tertiary/aromatic N) is 2. The van der Waals surface area contributed by atoms with Crippen LogP contribution in [0.3, 0.4) is 0 Å². The van der Waals surface area contributed by atoms with Gasteiger partial charge in [0.1, 0.15) is 0 Å². The molecule has 0 unspecified atom stereocenters. The predicted octanol–water partition coefficient (Wildman–Crippen LogP) is 6.43. The zero-order chi connectivity index (χ0) is 20.1. The summed E-state index contributed by atoms with van der Waals surface area (Å²) in [5.74, 6) is -0.0210. The predicted molar refractivity (Wildman–Crippen MR) is 122 cm³/mol. The van der Waals surface area contributed by atoms with E-state index < -0.39 is 0 Å². The number of fused-ring (bicyclic) bond motifs is 5. The van der Waals surface area contributed by atoms with Gasteiger partial charge in [0.2, 0.25) is 0 Å². The van der Waals surface area contributed by atoms with Crippen LogP contribution in [0.25, 0.3) is 38.4 Å². The number of hydrogen-bond acceptors (Lipinski definition) is 1. The smallest absolute Gasteiger partial charge is 0.262 e. The van der Waals surface area contributed by atoms with Gasteiger partial charge in [-0.2, -0.15) is 0 Å². The van der Waals surface area contributed by atoms with Crippen LogP contribution in [0, 0.1) is 0 Å². The molecule has 0 spiro atoms. The number of rotatable bonds is 2. The highest BCUT2D eigenvalue weighted by Crippen LogP contribution is 2.36. The maximum Gasteiger partial charge on any atom is 0.262 e. The summed E-state index contributed by atoms with van der Waals surface area (Å²) < 4.78 is 4.04. The van der Waals surface area contributed by atoms with Crippen molar-refractivity contribution in [3.8, 4) is 5.69 Å². The first kappa shape index (κ1) is 16.8. The Kier molecular flexibility index (Phi) is 3.62. The maximum absolute atomic E-state index is 13.1. The third-order valence-electron chi connectivity index (χ3n) is 5.76. The molecule has 0 radical (unpaired) electrons. The Morgan fingerprint density at radius 3 is 2.07 bits per heavy atom. The monoisotopic (exact) mass is 386 g/mol. The van der Waals surface area contributed by atoms with E-state index in [1.807, 2.05) is 42.6 Å². The van der Waals surface area contributed by atoms with Crippen molar-refractivity contribution in [2.75, 3.05) is 0 Å². The minimum absolute atomic E-state index is 0.0210. The summed E-state index contributed by atoms with van der Waals surface area (Å²) >= 11 is 0. The van der Waals surface area contributed by atoms with E-state index in [1.54, 1.807) is 4.57 Å². The molecular weight excluding hydrogens is 368 g/mol. The molecule has 0 aliphatic heterocycles. The molecule has 0 atom stereocenters. The summed E-state index contributed by atoms with van der Waals surface area (Å²) in [7, 11) is 0. The van der Waals surface area contributed by atoms with Crippen molar-refractivity contribution in [1.29, 1.82) is 0 Å². The summed E-state index contributed by atoms with van der Waals surface area (Å²) in [6.07, 6.45) is 1.88. The topological polar surface area (TPSA) is 26.9 Å². The fraction of sp³-hybridized carbons (Fsp3) is 0. The second kappa shape index (κ2) is 6.46. The number of benzene rings is 4. The van der Waals surface area contributed by atoms with Crippen LogP contribution < -0.4 is 0 Å². The lowest BCUT2D eigenvalue weighted by atomic mass is 10.1. The molecule has 30 heavy (non-hydrogen) atoms. The Labute approximate surface area is 173 Å². The molecule has 6 aromatic rings. The van der Waals surface area contributed by atoms with Gasteiger partial charge in [-0.15, -0.1) is 0 Å². The number of carbonyl (C=O) groups excluding carboxylic acids is 1. The summed E-state index contributed by atoms with van der Waals surface area (Å²) in [5, 5.41) is 3.46. The molecule has 2 heterocycles. The third kappa shape index (κ3) is 2.36. The zero-order valence-corrected chi connectivity index (χ0v) is 16.2. The molecule has 0 aliphatic rings. The van der Waals surface area contributed by atoms with E-state index >= 15 is 0 Å². The Morgan fingerprint density at radius 2 is 1.27 bits per heavy atom. The second-order valence-corrected chi connectivity index (χ2v) is 7.44. The second-order valence-electron chi connectivity index (χ2n) is 7.44. The van der Waals surface area contributed by atoms with Crippen LogP contribution in [0.1, 0.15) is 10.4 Å². The Morgan fingerprint density at radius 1 is 0.567 bits per heavy atom. The Bertz CT molecular complexity index is 1540. The first-order valence-electron chi connectivity index (χ1n) is 10.0. The summed E-state index contributed by atoms with van der Waals surface area (Å²) in [5.41, 5.74) is 4.99. The maximum atomic E-state index is 13.1. The van der Waals surface area contributed by atoms with E-state index in [0.29, 0.717) is 5.56 Å². The van der Waals surface area contributed by atoms with Crippen LogP contribution in [-0.4, -0.2) is 15.0 Å². The highest BCUT2D eigenvalue weighted by molar-refractivity contribution is 6.19. The number of hydrogen-bond donors (Lipinski definition) is 0. The van der Waals surface area contributed by atoms with Crippen molar-refractivity contribution in [2.24, 2.45) is 0 Å². The van der Waals surface area contributed by atoms with Crippen LogP contribution in [0.5, 0.6) is 0 Å². The fourth-order valence-electron chi connectivity index (χ4n) is 4.42. The molecular formula is C27H18N2O. The highest BCUT2D eigenvalue weighted by Gasteiger charge is 2.18. The minimum atomic E-state index is -0.0210. The largest absolute Gasteiger partial charge is 0.309 e. The van der Waals surface area contributed by atoms with Crippen molar-refractivity contribution in [1.82, 2.24) is 9.13 Å². The molecule has 0 saturated carbocycles.